The van der Waals surface area contributed by atoms with Crippen LogP contribution in [-0.4, -0.2) is 29.8 Å². The Kier molecular flexibility index (Phi) is 5.17. The number of nitrogens with one attached hydrogen (secondary N) is 1. The molecule has 0 radical (unpaired) electrons. The minimum Gasteiger partial charge on any atom is -0.351 e. The molecule has 0 bridgehead atoms. The number of carbonyl (C=O) groups is 2. The fourth-order valence-corrected chi connectivity index (χ4v) is 2.95. The first-order chi connectivity index (χ1) is 9.56. The van der Waals surface area contributed by atoms with Crippen LogP contribution < -0.4 is 5.32 Å². The number of rotatable bonds is 6. The Labute approximate surface area is 124 Å². The van der Waals surface area contributed by atoms with E-state index in [-0.39, 0.29) is 17.7 Å². The molecule has 1 saturated heterocycles. The Bertz CT molecular complexity index is 456. The number of nitrogens with zero attached hydrogens (tertiary/aromatic N) is 1. The van der Waals surface area contributed by atoms with Gasteiger partial charge in [-0.1, -0.05) is 19.9 Å². The summed E-state index contributed by atoms with van der Waals surface area (Å²) in [7, 11) is 0. The highest BCUT2D eigenvalue weighted by atomic mass is 32.1. The molecule has 0 aromatic carbocycles. The molecule has 110 valence electrons. The minimum absolute atomic E-state index is 0.00111. The lowest BCUT2D eigenvalue weighted by Crippen LogP contribution is -2.33. The monoisotopic (exact) mass is 294 g/mol. The van der Waals surface area contributed by atoms with E-state index in [2.05, 4.69) is 19.2 Å². The van der Waals surface area contributed by atoms with E-state index >= 15 is 0 Å². The van der Waals surface area contributed by atoms with Crippen molar-refractivity contribution in [2.75, 3.05) is 13.1 Å². The molecule has 2 heterocycles. The standard InChI is InChI=1S/C15H22N2O2S/c1-11(2)5-6-17-10-12(8-14(17)18)15(19)16-9-13-4-3-7-20-13/h3-4,7,11-12H,5-6,8-10H2,1-2H3,(H,16,19). The highest BCUT2D eigenvalue weighted by Crippen LogP contribution is 2.19. The second kappa shape index (κ2) is 6.88. The molecule has 1 aromatic rings. The van der Waals surface area contributed by atoms with Gasteiger partial charge in [-0.25, -0.2) is 0 Å². The highest BCUT2D eigenvalue weighted by molar-refractivity contribution is 7.09. The third kappa shape index (κ3) is 4.07. The summed E-state index contributed by atoms with van der Waals surface area (Å²) in [4.78, 5) is 26.9. The number of amides is 2. The Hall–Kier alpha value is -1.36. The van der Waals surface area contributed by atoms with Crippen LogP contribution in [0.4, 0.5) is 0 Å². The zero-order valence-electron chi connectivity index (χ0n) is 12.1. The minimum atomic E-state index is -0.186. The van der Waals surface area contributed by atoms with Crippen LogP contribution in [0, 0.1) is 11.8 Å². The van der Waals surface area contributed by atoms with E-state index < -0.39 is 0 Å². The van der Waals surface area contributed by atoms with Crippen molar-refractivity contribution in [3.05, 3.63) is 22.4 Å². The van der Waals surface area contributed by atoms with Gasteiger partial charge in [-0.2, -0.15) is 0 Å². The highest BCUT2D eigenvalue weighted by Gasteiger charge is 2.33. The van der Waals surface area contributed by atoms with Crippen molar-refractivity contribution >= 4 is 23.2 Å². The fraction of sp³-hybridized carbons (Fsp3) is 0.600. The number of hydrogen-bond donors (Lipinski definition) is 1. The van der Waals surface area contributed by atoms with Crippen molar-refractivity contribution in [2.24, 2.45) is 11.8 Å². The molecule has 1 fully saturated rings. The molecule has 2 amide bonds. The molecule has 1 aromatic heterocycles. The van der Waals surface area contributed by atoms with Gasteiger partial charge in [0.25, 0.3) is 0 Å². The summed E-state index contributed by atoms with van der Waals surface area (Å²) in [5, 5.41) is 4.92. The smallest absolute Gasteiger partial charge is 0.225 e. The van der Waals surface area contributed by atoms with Crippen molar-refractivity contribution in [2.45, 2.75) is 33.2 Å². The van der Waals surface area contributed by atoms with Crippen molar-refractivity contribution in [1.82, 2.24) is 10.2 Å². The molecule has 5 heteroatoms. The molecule has 2 rings (SSSR count). The Morgan fingerprint density at radius 3 is 3.00 bits per heavy atom. The molecule has 1 aliphatic rings. The zero-order valence-corrected chi connectivity index (χ0v) is 12.9. The summed E-state index contributed by atoms with van der Waals surface area (Å²) < 4.78 is 0. The van der Waals surface area contributed by atoms with Crippen LogP contribution in [0.25, 0.3) is 0 Å². The van der Waals surface area contributed by atoms with E-state index in [0.29, 0.717) is 25.4 Å². The van der Waals surface area contributed by atoms with Gasteiger partial charge < -0.3 is 10.2 Å². The Morgan fingerprint density at radius 2 is 2.35 bits per heavy atom. The molecule has 4 nitrogen and oxygen atoms in total. The Morgan fingerprint density at radius 1 is 1.55 bits per heavy atom. The second-order valence-corrected chi connectivity index (χ2v) is 6.75. The predicted octanol–water partition coefficient (Wildman–Crippen LogP) is 2.26. The van der Waals surface area contributed by atoms with Gasteiger partial charge in [0.1, 0.15) is 0 Å². The van der Waals surface area contributed by atoms with E-state index in [4.69, 9.17) is 0 Å². The first-order valence-electron chi connectivity index (χ1n) is 7.14. The average Bonchev–Trinajstić information content (AvgIpc) is 3.03. The van der Waals surface area contributed by atoms with Crippen LogP contribution in [0.15, 0.2) is 17.5 Å². The SMILES string of the molecule is CC(C)CCN1CC(C(=O)NCc2cccs2)CC1=O. The van der Waals surface area contributed by atoms with E-state index in [1.165, 1.54) is 0 Å². The largest absolute Gasteiger partial charge is 0.351 e. The molecule has 1 N–H and O–H groups in total. The summed E-state index contributed by atoms with van der Waals surface area (Å²) in [6, 6.07) is 3.97. The number of hydrogen-bond acceptors (Lipinski definition) is 3. The summed E-state index contributed by atoms with van der Waals surface area (Å²) in [5.41, 5.74) is 0. The van der Waals surface area contributed by atoms with E-state index in [1.807, 2.05) is 22.4 Å². The van der Waals surface area contributed by atoms with Crippen LogP contribution >= 0.6 is 11.3 Å². The number of carbonyl (C=O) groups excluding carboxylic acids is 2. The maximum atomic E-state index is 12.1. The summed E-state index contributed by atoms with van der Waals surface area (Å²) >= 11 is 1.63. The topological polar surface area (TPSA) is 49.4 Å². The fourth-order valence-electron chi connectivity index (χ4n) is 2.31. The van der Waals surface area contributed by atoms with Crippen LogP contribution in [-0.2, 0) is 16.1 Å². The summed E-state index contributed by atoms with van der Waals surface area (Å²) in [6.45, 7) is 6.19. The third-order valence-electron chi connectivity index (χ3n) is 3.58. The lowest BCUT2D eigenvalue weighted by Gasteiger charge is -2.17. The third-order valence-corrected chi connectivity index (χ3v) is 4.45. The van der Waals surface area contributed by atoms with Crippen LogP contribution in [0.2, 0.25) is 0 Å². The van der Waals surface area contributed by atoms with Crippen molar-refractivity contribution < 1.29 is 9.59 Å². The van der Waals surface area contributed by atoms with E-state index in [0.717, 1.165) is 17.8 Å². The average molecular weight is 294 g/mol. The molecule has 20 heavy (non-hydrogen) atoms. The molecular formula is C15H22N2O2S. The van der Waals surface area contributed by atoms with E-state index in [1.54, 1.807) is 11.3 Å². The predicted molar refractivity (Wildman–Crippen MR) is 80.3 cm³/mol. The number of thiophene rings is 1. The van der Waals surface area contributed by atoms with E-state index in [9.17, 15) is 9.59 Å². The van der Waals surface area contributed by atoms with Gasteiger partial charge in [0.05, 0.1) is 12.5 Å². The van der Waals surface area contributed by atoms with Gasteiger partial charge in [-0.15, -0.1) is 11.3 Å². The molecule has 1 aliphatic heterocycles. The molecular weight excluding hydrogens is 272 g/mol. The zero-order chi connectivity index (χ0) is 14.5. The lowest BCUT2D eigenvalue weighted by molar-refractivity contribution is -0.129. The second-order valence-electron chi connectivity index (χ2n) is 5.72. The first-order valence-corrected chi connectivity index (χ1v) is 8.02. The maximum Gasteiger partial charge on any atom is 0.225 e. The number of likely N-dealkylation sites (tertiary alicyclic amines) is 1. The van der Waals surface area contributed by atoms with Gasteiger partial charge in [0.15, 0.2) is 0 Å². The first kappa shape index (κ1) is 15.0. The Balaban J connectivity index is 1.78. The molecule has 0 spiro atoms. The van der Waals surface area contributed by atoms with Crippen LogP contribution in [0.1, 0.15) is 31.6 Å². The molecule has 1 atom stereocenters. The summed E-state index contributed by atoms with van der Waals surface area (Å²) in [5.74, 6) is 0.504. The van der Waals surface area contributed by atoms with Gasteiger partial charge in [-0.05, 0) is 23.8 Å². The van der Waals surface area contributed by atoms with Gasteiger partial charge in [-0.3, -0.25) is 9.59 Å². The van der Waals surface area contributed by atoms with Crippen molar-refractivity contribution in [1.29, 1.82) is 0 Å². The van der Waals surface area contributed by atoms with Crippen LogP contribution in [0.3, 0.4) is 0 Å². The summed E-state index contributed by atoms with van der Waals surface area (Å²) in [6.07, 6.45) is 1.35. The molecule has 0 saturated carbocycles. The lowest BCUT2D eigenvalue weighted by atomic mass is 10.1. The molecule has 1 unspecified atom stereocenters. The van der Waals surface area contributed by atoms with Crippen molar-refractivity contribution in [3.8, 4) is 0 Å². The van der Waals surface area contributed by atoms with Gasteiger partial charge >= 0.3 is 0 Å². The van der Waals surface area contributed by atoms with Gasteiger partial charge in [0, 0.05) is 24.4 Å². The van der Waals surface area contributed by atoms with Crippen molar-refractivity contribution in [3.63, 3.8) is 0 Å². The van der Waals surface area contributed by atoms with Gasteiger partial charge in [0.2, 0.25) is 11.8 Å². The quantitative estimate of drug-likeness (QED) is 0.875. The molecule has 0 aliphatic carbocycles. The van der Waals surface area contributed by atoms with Crippen LogP contribution in [0.5, 0.6) is 0 Å². The maximum absolute atomic E-state index is 12.1. The normalized spacial score (nSPS) is 18.9.